The van der Waals surface area contributed by atoms with Crippen molar-refractivity contribution >= 4 is 11.7 Å². The maximum atomic E-state index is 14.7. The number of pyridine rings is 1. The second-order valence-corrected chi connectivity index (χ2v) is 11.1. The molecule has 0 aliphatic carbocycles. The maximum absolute atomic E-state index is 14.7. The van der Waals surface area contributed by atoms with Crippen molar-refractivity contribution in [2.24, 2.45) is 5.41 Å². The van der Waals surface area contributed by atoms with Gasteiger partial charge in [0.1, 0.15) is 11.6 Å². The zero-order chi connectivity index (χ0) is 26.3. The summed E-state index contributed by atoms with van der Waals surface area (Å²) >= 11 is 0. The van der Waals surface area contributed by atoms with Gasteiger partial charge in [0.2, 0.25) is 0 Å². The highest BCUT2D eigenvalue weighted by molar-refractivity contribution is 5.88. The van der Waals surface area contributed by atoms with E-state index in [1.165, 1.54) is 12.1 Å². The molecular formula is C27H36F2N2O4. The first kappa shape index (κ1) is 27.0. The fourth-order valence-corrected chi connectivity index (χ4v) is 4.65. The van der Waals surface area contributed by atoms with Crippen LogP contribution in [-0.2, 0) is 16.1 Å². The number of aliphatic hydroxyl groups is 1. The van der Waals surface area contributed by atoms with E-state index >= 15 is 0 Å². The summed E-state index contributed by atoms with van der Waals surface area (Å²) in [5, 5.41) is 19.6. The molecule has 8 heteroatoms. The third-order valence-electron chi connectivity index (χ3n) is 6.56. The number of ether oxygens (including phenoxy) is 1. The number of aryl methyl sites for hydroxylation is 2. The molecule has 0 amide bonds. The van der Waals surface area contributed by atoms with Gasteiger partial charge in [0.25, 0.3) is 0 Å². The molecule has 35 heavy (non-hydrogen) atoms. The number of halogens is 2. The molecule has 1 aliphatic rings. The van der Waals surface area contributed by atoms with Crippen molar-refractivity contribution in [1.29, 1.82) is 0 Å². The van der Waals surface area contributed by atoms with Crippen molar-refractivity contribution in [3.8, 4) is 11.1 Å². The van der Waals surface area contributed by atoms with Crippen LogP contribution in [0.5, 0.6) is 0 Å². The summed E-state index contributed by atoms with van der Waals surface area (Å²) in [6.45, 7) is 13.7. The molecule has 2 heterocycles. The summed E-state index contributed by atoms with van der Waals surface area (Å²) in [6.07, 6.45) is 0.422. The molecule has 0 bridgehead atoms. The number of carbonyl (C=O) groups is 1. The van der Waals surface area contributed by atoms with Gasteiger partial charge >= 0.3 is 5.97 Å². The second-order valence-electron chi connectivity index (χ2n) is 11.1. The number of benzene rings is 1. The van der Waals surface area contributed by atoms with Gasteiger partial charge < -0.3 is 19.8 Å². The molecule has 1 aliphatic heterocycles. The first-order valence-corrected chi connectivity index (χ1v) is 11.9. The molecule has 1 aromatic carbocycles. The molecule has 2 aromatic rings. The molecule has 1 saturated heterocycles. The second kappa shape index (κ2) is 9.82. The molecule has 192 valence electrons. The number of hydrogen-bond acceptors (Lipinski definition) is 5. The van der Waals surface area contributed by atoms with Gasteiger partial charge in [-0.25, -0.2) is 13.6 Å². The zero-order valence-corrected chi connectivity index (χ0v) is 21.6. The summed E-state index contributed by atoms with van der Waals surface area (Å²) in [6, 6.07) is 2.35. The molecule has 0 radical (unpaired) electrons. The van der Waals surface area contributed by atoms with Gasteiger partial charge in [-0.05, 0) is 70.6 Å². The lowest BCUT2D eigenvalue weighted by atomic mass is 9.81. The van der Waals surface area contributed by atoms with Gasteiger partial charge in [-0.3, -0.25) is 4.98 Å². The van der Waals surface area contributed by atoms with Crippen molar-refractivity contribution in [3.05, 3.63) is 46.3 Å². The molecule has 0 saturated carbocycles. The Bertz CT molecular complexity index is 1090. The fraction of sp³-hybridized carbons (Fsp3) is 0.556. The monoisotopic (exact) mass is 490 g/mol. The number of carboxylic acid groups (broad SMARTS) is 1. The van der Waals surface area contributed by atoms with E-state index in [2.05, 4.69) is 23.7 Å². The average Bonchev–Trinajstić information content (AvgIpc) is 2.71. The number of aromatic nitrogens is 1. The minimum absolute atomic E-state index is 0.128. The molecule has 3 rings (SSSR count). The Balaban J connectivity index is 2.35. The van der Waals surface area contributed by atoms with E-state index in [-0.39, 0.29) is 11.0 Å². The third-order valence-corrected chi connectivity index (χ3v) is 6.56. The van der Waals surface area contributed by atoms with E-state index in [0.717, 1.165) is 12.8 Å². The highest BCUT2D eigenvalue weighted by Gasteiger charge is 2.36. The molecular weight excluding hydrogens is 454 g/mol. The first-order chi connectivity index (χ1) is 16.1. The van der Waals surface area contributed by atoms with Gasteiger partial charge in [0, 0.05) is 41.2 Å². The number of aliphatic carboxylic acids is 1. The van der Waals surface area contributed by atoms with Crippen LogP contribution in [0.3, 0.4) is 0 Å². The van der Waals surface area contributed by atoms with Crippen LogP contribution in [0.1, 0.15) is 76.1 Å². The molecule has 0 spiro atoms. The van der Waals surface area contributed by atoms with E-state index in [9.17, 15) is 23.8 Å². The molecule has 1 unspecified atom stereocenters. The van der Waals surface area contributed by atoms with Crippen LogP contribution in [-0.4, -0.2) is 39.9 Å². The molecule has 1 fully saturated rings. The van der Waals surface area contributed by atoms with Crippen LogP contribution >= 0.6 is 0 Å². The SMILES string of the molecule is Cc1nc(C)c(C(OC(C)(C)C)C(=O)O)c(N2CCC(C)(C)CC2)c1-c1cc(F)c(CO)c(F)c1. The summed E-state index contributed by atoms with van der Waals surface area (Å²) in [5.74, 6) is -2.89. The number of carboxylic acids is 1. The van der Waals surface area contributed by atoms with Gasteiger partial charge in [-0.1, -0.05) is 13.8 Å². The lowest BCUT2D eigenvalue weighted by Crippen LogP contribution is -2.39. The Labute approximate surface area is 205 Å². The smallest absolute Gasteiger partial charge is 0.337 e. The highest BCUT2D eigenvalue weighted by atomic mass is 19.1. The molecule has 1 atom stereocenters. The van der Waals surface area contributed by atoms with Crippen LogP contribution < -0.4 is 4.90 Å². The first-order valence-electron chi connectivity index (χ1n) is 11.9. The number of hydrogen-bond donors (Lipinski definition) is 2. The van der Waals surface area contributed by atoms with Crippen molar-refractivity contribution in [2.75, 3.05) is 18.0 Å². The highest BCUT2D eigenvalue weighted by Crippen LogP contribution is 2.45. The van der Waals surface area contributed by atoms with Crippen molar-refractivity contribution in [2.45, 2.75) is 79.6 Å². The van der Waals surface area contributed by atoms with E-state index < -0.39 is 41.5 Å². The largest absolute Gasteiger partial charge is 0.479 e. The normalized spacial score (nSPS) is 16.9. The number of anilines is 1. The predicted molar refractivity (Wildman–Crippen MR) is 131 cm³/mol. The zero-order valence-electron chi connectivity index (χ0n) is 21.6. The molecule has 6 nitrogen and oxygen atoms in total. The van der Waals surface area contributed by atoms with Gasteiger partial charge in [-0.2, -0.15) is 0 Å². The lowest BCUT2D eigenvalue weighted by Gasteiger charge is -2.41. The van der Waals surface area contributed by atoms with E-state index in [0.29, 0.717) is 41.3 Å². The van der Waals surface area contributed by atoms with Crippen LogP contribution in [0.4, 0.5) is 14.5 Å². The Morgan fingerprint density at radius 1 is 1.14 bits per heavy atom. The van der Waals surface area contributed by atoms with Gasteiger partial charge in [0.15, 0.2) is 6.10 Å². The summed E-state index contributed by atoms with van der Waals surface area (Å²) in [7, 11) is 0. The number of piperidine rings is 1. The quantitative estimate of drug-likeness (QED) is 0.540. The maximum Gasteiger partial charge on any atom is 0.337 e. The van der Waals surface area contributed by atoms with Crippen LogP contribution in [0.15, 0.2) is 12.1 Å². The number of nitrogens with zero attached hydrogens (tertiary/aromatic N) is 2. The Kier molecular flexibility index (Phi) is 7.58. The van der Waals surface area contributed by atoms with Crippen LogP contribution in [0, 0.1) is 30.9 Å². The van der Waals surface area contributed by atoms with Crippen molar-refractivity contribution in [3.63, 3.8) is 0 Å². The average molecular weight is 491 g/mol. The third kappa shape index (κ3) is 5.81. The summed E-state index contributed by atoms with van der Waals surface area (Å²) in [5.41, 5.74) is 1.66. The predicted octanol–water partition coefficient (Wildman–Crippen LogP) is 5.70. The lowest BCUT2D eigenvalue weighted by molar-refractivity contribution is -0.160. The molecule has 1 aromatic heterocycles. The van der Waals surface area contributed by atoms with E-state index in [4.69, 9.17) is 4.74 Å². The van der Waals surface area contributed by atoms with Crippen LogP contribution in [0.2, 0.25) is 0 Å². The molecule has 2 N–H and O–H groups in total. The van der Waals surface area contributed by atoms with Crippen molar-refractivity contribution in [1.82, 2.24) is 4.98 Å². The van der Waals surface area contributed by atoms with Crippen LogP contribution in [0.25, 0.3) is 11.1 Å². The minimum Gasteiger partial charge on any atom is -0.479 e. The standard InChI is InChI=1S/C27H36F2N2O4/c1-15-21(17-12-19(28)18(14-32)20(29)13-17)23(31-10-8-27(6,7)9-11-31)22(16(2)30-15)24(25(33)34)35-26(3,4)5/h12-13,24,32H,8-11,14H2,1-7H3,(H,33,34). The Morgan fingerprint density at radius 3 is 2.14 bits per heavy atom. The van der Waals surface area contributed by atoms with Gasteiger partial charge in [-0.15, -0.1) is 0 Å². The topological polar surface area (TPSA) is 82.9 Å². The summed E-state index contributed by atoms with van der Waals surface area (Å²) in [4.78, 5) is 19.2. The number of rotatable bonds is 6. The summed E-state index contributed by atoms with van der Waals surface area (Å²) < 4.78 is 35.5. The van der Waals surface area contributed by atoms with E-state index in [1.807, 2.05) is 0 Å². The van der Waals surface area contributed by atoms with Gasteiger partial charge in [0.05, 0.1) is 17.9 Å². The fourth-order valence-electron chi connectivity index (χ4n) is 4.65. The Morgan fingerprint density at radius 2 is 1.69 bits per heavy atom. The Hall–Kier alpha value is -2.58. The minimum atomic E-state index is -1.32. The van der Waals surface area contributed by atoms with E-state index in [1.54, 1.807) is 34.6 Å². The number of aliphatic hydroxyl groups excluding tert-OH is 1. The van der Waals surface area contributed by atoms with Crippen molar-refractivity contribution < 1.29 is 28.5 Å².